The Balaban J connectivity index is 1.46. The molecule has 3 heterocycles. The van der Waals surface area contributed by atoms with E-state index in [0.717, 1.165) is 18.2 Å². The van der Waals surface area contributed by atoms with Crippen molar-refractivity contribution < 1.29 is 17.4 Å². The van der Waals surface area contributed by atoms with Crippen molar-refractivity contribution in [1.82, 2.24) is 14.4 Å². The average molecular weight is 423 g/mol. The Morgan fingerprint density at radius 1 is 0.967 bits per heavy atom. The van der Waals surface area contributed by atoms with Crippen molar-refractivity contribution in [2.45, 2.75) is 17.7 Å². The fraction of sp³-hybridized carbons (Fsp3) is 0.190. The molecular weight excluding hydrogens is 406 g/mol. The predicted octanol–water partition coefficient (Wildman–Crippen LogP) is 3.29. The molecule has 1 saturated heterocycles. The van der Waals surface area contributed by atoms with Crippen LogP contribution in [-0.2, 0) is 10.0 Å². The third kappa shape index (κ3) is 3.21. The van der Waals surface area contributed by atoms with E-state index in [1.165, 1.54) is 16.4 Å². The summed E-state index contributed by atoms with van der Waals surface area (Å²) < 4.78 is 37.4. The van der Waals surface area contributed by atoms with E-state index < -0.39 is 15.6 Å². The lowest BCUT2D eigenvalue weighted by atomic mass is 10.2. The quantitative estimate of drug-likeness (QED) is 0.464. The molecule has 1 aliphatic rings. The molecule has 2 aromatic carbocycles. The van der Waals surface area contributed by atoms with Crippen LogP contribution in [0, 0.1) is 0 Å². The lowest BCUT2D eigenvalue weighted by molar-refractivity contribution is 0.429. The topological polar surface area (TPSA) is 107 Å². The molecule has 9 heteroatoms. The highest BCUT2D eigenvalue weighted by molar-refractivity contribution is 7.89. The second-order valence-electron chi connectivity index (χ2n) is 7.04. The Labute approximate surface area is 171 Å². The van der Waals surface area contributed by atoms with Crippen molar-refractivity contribution in [2.24, 2.45) is 0 Å². The maximum Gasteiger partial charge on any atom is 0.349 e. The molecule has 1 fully saturated rings. The number of benzene rings is 2. The van der Waals surface area contributed by atoms with Crippen molar-refractivity contribution in [3.8, 4) is 22.8 Å². The Hall–Kier alpha value is -3.30. The molecule has 152 valence electrons. The fourth-order valence-electron chi connectivity index (χ4n) is 3.51. The molecule has 0 amide bonds. The smallest absolute Gasteiger partial charge is 0.349 e. The van der Waals surface area contributed by atoms with Gasteiger partial charge in [0.15, 0.2) is 0 Å². The van der Waals surface area contributed by atoms with Gasteiger partial charge in [-0.25, -0.2) is 13.2 Å². The highest BCUT2D eigenvalue weighted by atomic mass is 32.2. The van der Waals surface area contributed by atoms with E-state index in [-0.39, 0.29) is 22.2 Å². The van der Waals surface area contributed by atoms with Crippen LogP contribution in [0.1, 0.15) is 12.8 Å². The van der Waals surface area contributed by atoms with Gasteiger partial charge >= 0.3 is 5.63 Å². The minimum atomic E-state index is -3.49. The third-order valence-corrected chi connectivity index (χ3v) is 7.03. The number of rotatable bonds is 4. The van der Waals surface area contributed by atoms with E-state index in [2.05, 4.69) is 10.1 Å². The second kappa shape index (κ2) is 7.19. The van der Waals surface area contributed by atoms with Gasteiger partial charge in [0.2, 0.25) is 15.8 Å². The van der Waals surface area contributed by atoms with E-state index in [1.807, 2.05) is 12.1 Å². The second-order valence-corrected chi connectivity index (χ2v) is 8.98. The zero-order chi connectivity index (χ0) is 20.7. The van der Waals surface area contributed by atoms with Crippen molar-refractivity contribution in [3.05, 3.63) is 65.0 Å². The van der Waals surface area contributed by atoms with Crippen LogP contribution in [0.4, 0.5) is 0 Å². The van der Waals surface area contributed by atoms with E-state index in [9.17, 15) is 13.2 Å². The number of para-hydroxylation sites is 1. The van der Waals surface area contributed by atoms with Crippen LogP contribution in [-0.4, -0.2) is 36.0 Å². The summed E-state index contributed by atoms with van der Waals surface area (Å²) >= 11 is 0. The highest BCUT2D eigenvalue weighted by Gasteiger charge is 2.27. The molecule has 2 aromatic heterocycles. The SMILES string of the molecule is O=c1oc2ccccc2cc1-c1nc(-c2ccc(S(=O)(=O)N3CCCC3)cc2)no1. The van der Waals surface area contributed by atoms with Gasteiger partial charge in [0.05, 0.1) is 4.90 Å². The highest BCUT2D eigenvalue weighted by Crippen LogP contribution is 2.26. The summed E-state index contributed by atoms with van der Waals surface area (Å²) in [6.07, 6.45) is 1.76. The molecule has 0 bridgehead atoms. The summed E-state index contributed by atoms with van der Waals surface area (Å²) in [6.45, 7) is 1.10. The monoisotopic (exact) mass is 423 g/mol. The van der Waals surface area contributed by atoms with Crippen LogP contribution in [0.15, 0.2) is 73.2 Å². The molecule has 30 heavy (non-hydrogen) atoms. The van der Waals surface area contributed by atoms with Crippen LogP contribution in [0.25, 0.3) is 33.8 Å². The first-order valence-electron chi connectivity index (χ1n) is 9.50. The minimum Gasteiger partial charge on any atom is -0.422 e. The van der Waals surface area contributed by atoms with Gasteiger partial charge in [-0.05, 0) is 49.2 Å². The van der Waals surface area contributed by atoms with Crippen LogP contribution < -0.4 is 5.63 Å². The van der Waals surface area contributed by atoms with E-state index in [1.54, 1.807) is 30.3 Å². The average Bonchev–Trinajstić information content (AvgIpc) is 3.46. The third-order valence-electron chi connectivity index (χ3n) is 5.11. The lowest BCUT2D eigenvalue weighted by Crippen LogP contribution is -2.27. The zero-order valence-electron chi connectivity index (χ0n) is 15.8. The summed E-state index contributed by atoms with van der Waals surface area (Å²) in [6, 6.07) is 15.1. The van der Waals surface area contributed by atoms with Crippen molar-refractivity contribution in [3.63, 3.8) is 0 Å². The van der Waals surface area contributed by atoms with E-state index in [4.69, 9.17) is 8.94 Å². The molecule has 0 spiro atoms. The van der Waals surface area contributed by atoms with Crippen molar-refractivity contribution >= 4 is 21.0 Å². The van der Waals surface area contributed by atoms with Crippen LogP contribution in [0.5, 0.6) is 0 Å². The Bertz CT molecular complexity index is 1380. The molecule has 5 rings (SSSR count). The number of hydrogen-bond donors (Lipinski definition) is 0. The molecule has 0 unspecified atom stereocenters. The van der Waals surface area contributed by atoms with Gasteiger partial charge in [0, 0.05) is 24.0 Å². The number of aromatic nitrogens is 2. The first-order chi connectivity index (χ1) is 14.5. The minimum absolute atomic E-state index is 0.0401. The van der Waals surface area contributed by atoms with Gasteiger partial charge in [0.1, 0.15) is 11.1 Å². The summed E-state index contributed by atoms with van der Waals surface area (Å²) in [5.74, 6) is 0.293. The van der Waals surface area contributed by atoms with Crippen LogP contribution in [0.2, 0.25) is 0 Å². The molecule has 0 radical (unpaired) electrons. The fourth-order valence-corrected chi connectivity index (χ4v) is 5.03. The molecule has 0 aliphatic carbocycles. The largest absolute Gasteiger partial charge is 0.422 e. The molecule has 0 atom stereocenters. The lowest BCUT2D eigenvalue weighted by Gasteiger charge is -2.15. The first kappa shape index (κ1) is 18.7. The Kier molecular flexibility index (Phi) is 4.48. The van der Waals surface area contributed by atoms with E-state index in [0.29, 0.717) is 24.2 Å². The maximum absolute atomic E-state index is 12.6. The Morgan fingerprint density at radius 3 is 2.47 bits per heavy atom. The van der Waals surface area contributed by atoms with Gasteiger partial charge in [-0.3, -0.25) is 0 Å². The normalized spacial score (nSPS) is 15.1. The molecule has 0 saturated carbocycles. The molecule has 0 N–H and O–H groups in total. The predicted molar refractivity (Wildman–Crippen MR) is 109 cm³/mol. The van der Waals surface area contributed by atoms with Crippen molar-refractivity contribution in [2.75, 3.05) is 13.1 Å². The summed E-state index contributed by atoms with van der Waals surface area (Å²) in [5, 5.41) is 4.67. The number of fused-ring (bicyclic) bond motifs is 1. The zero-order valence-corrected chi connectivity index (χ0v) is 16.6. The summed E-state index contributed by atoms with van der Waals surface area (Å²) in [4.78, 5) is 16.8. The Morgan fingerprint density at radius 2 is 1.70 bits per heavy atom. The summed E-state index contributed by atoms with van der Waals surface area (Å²) in [5.41, 5.74) is 0.646. The van der Waals surface area contributed by atoms with Gasteiger partial charge in [-0.2, -0.15) is 9.29 Å². The van der Waals surface area contributed by atoms with Gasteiger partial charge in [-0.15, -0.1) is 0 Å². The molecule has 8 nitrogen and oxygen atoms in total. The molecule has 1 aliphatic heterocycles. The van der Waals surface area contributed by atoms with Crippen molar-refractivity contribution in [1.29, 1.82) is 0 Å². The molecular formula is C21H17N3O5S. The first-order valence-corrected chi connectivity index (χ1v) is 10.9. The van der Waals surface area contributed by atoms with Gasteiger partial charge in [-0.1, -0.05) is 23.4 Å². The van der Waals surface area contributed by atoms with Gasteiger partial charge in [0.25, 0.3) is 5.89 Å². The van der Waals surface area contributed by atoms with Gasteiger partial charge < -0.3 is 8.94 Å². The number of sulfonamides is 1. The van der Waals surface area contributed by atoms with Crippen LogP contribution in [0.3, 0.4) is 0 Å². The van der Waals surface area contributed by atoms with E-state index >= 15 is 0 Å². The standard InChI is InChI=1S/C21H17N3O5S/c25-21-17(13-15-5-1-2-6-18(15)28-21)20-22-19(23-29-20)14-7-9-16(10-8-14)30(26,27)24-11-3-4-12-24/h1-2,5-10,13H,3-4,11-12H2. The number of hydrogen-bond acceptors (Lipinski definition) is 7. The molecule has 4 aromatic rings. The summed E-state index contributed by atoms with van der Waals surface area (Å²) in [7, 11) is -3.49. The number of nitrogens with zero attached hydrogens (tertiary/aromatic N) is 3. The van der Waals surface area contributed by atoms with Crippen LogP contribution >= 0.6 is 0 Å². The maximum atomic E-state index is 12.6.